The first-order valence-corrected chi connectivity index (χ1v) is 4.25. The van der Waals surface area contributed by atoms with Gasteiger partial charge in [0, 0.05) is 14.1 Å². The standard InChI is InChI=1S/C8H13N3O3/c1-4-8(9)5(12)10(2)7(14)11(3)6(8)13/h4,9H2,1-3H3. The molecule has 0 radical (unpaired) electrons. The highest BCUT2D eigenvalue weighted by atomic mass is 16.2. The summed E-state index contributed by atoms with van der Waals surface area (Å²) in [6, 6.07) is -0.644. The highest BCUT2D eigenvalue weighted by molar-refractivity contribution is 6.21. The first-order chi connectivity index (χ1) is 6.36. The molecule has 1 fully saturated rings. The lowest BCUT2D eigenvalue weighted by molar-refractivity contribution is -0.149. The number of urea groups is 1. The third-order valence-corrected chi connectivity index (χ3v) is 2.50. The molecule has 0 aromatic rings. The molecule has 0 atom stereocenters. The smallest absolute Gasteiger partial charge is 0.309 e. The Kier molecular flexibility index (Phi) is 2.32. The summed E-state index contributed by atoms with van der Waals surface area (Å²) in [5, 5.41) is 0. The van der Waals surface area contributed by atoms with Crippen LogP contribution in [0.15, 0.2) is 0 Å². The molecule has 4 amide bonds. The van der Waals surface area contributed by atoms with Crippen LogP contribution in [0.4, 0.5) is 4.79 Å². The number of carbonyl (C=O) groups is 3. The van der Waals surface area contributed by atoms with Crippen molar-refractivity contribution in [2.45, 2.75) is 18.9 Å². The summed E-state index contributed by atoms with van der Waals surface area (Å²) in [6.45, 7) is 1.63. The van der Waals surface area contributed by atoms with Crippen molar-refractivity contribution in [2.24, 2.45) is 5.73 Å². The summed E-state index contributed by atoms with van der Waals surface area (Å²) < 4.78 is 0. The number of rotatable bonds is 1. The molecule has 0 saturated carbocycles. The van der Waals surface area contributed by atoms with E-state index < -0.39 is 23.4 Å². The molecule has 1 rings (SSSR count). The zero-order valence-electron chi connectivity index (χ0n) is 8.40. The molecule has 0 aromatic heterocycles. The fraction of sp³-hybridized carbons (Fsp3) is 0.625. The molecule has 1 saturated heterocycles. The Balaban J connectivity index is 3.17. The second-order valence-corrected chi connectivity index (χ2v) is 3.34. The van der Waals surface area contributed by atoms with Gasteiger partial charge in [0.05, 0.1) is 0 Å². The van der Waals surface area contributed by atoms with E-state index in [1.807, 2.05) is 0 Å². The van der Waals surface area contributed by atoms with Crippen molar-refractivity contribution in [1.29, 1.82) is 0 Å². The summed E-state index contributed by atoms with van der Waals surface area (Å²) in [7, 11) is 2.62. The monoisotopic (exact) mass is 199 g/mol. The molecular formula is C8H13N3O3. The maximum atomic E-state index is 11.6. The van der Waals surface area contributed by atoms with E-state index in [0.717, 1.165) is 9.80 Å². The molecule has 1 aliphatic rings. The van der Waals surface area contributed by atoms with Crippen LogP contribution < -0.4 is 5.73 Å². The Labute approximate surface area is 81.6 Å². The molecule has 2 N–H and O–H groups in total. The number of likely N-dealkylation sites (N-methyl/N-ethyl adjacent to an activating group) is 2. The van der Waals surface area contributed by atoms with Crippen LogP contribution in [0.3, 0.4) is 0 Å². The van der Waals surface area contributed by atoms with Crippen LogP contribution in [0, 0.1) is 0 Å². The minimum absolute atomic E-state index is 0.173. The van der Waals surface area contributed by atoms with Gasteiger partial charge < -0.3 is 5.73 Å². The third kappa shape index (κ3) is 1.11. The van der Waals surface area contributed by atoms with E-state index in [9.17, 15) is 14.4 Å². The second-order valence-electron chi connectivity index (χ2n) is 3.34. The zero-order chi connectivity index (χ0) is 11.1. The molecule has 0 spiro atoms. The minimum Gasteiger partial charge on any atom is -0.309 e. The molecule has 1 aliphatic heterocycles. The molecule has 1 heterocycles. The van der Waals surface area contributed by atoms with Gasteiger partial charge >= 0.3 is 6.03 Å². The normalized spacial score (nSPS) is 21.9. The van der Waals surface area contributed by atoms with E-state index in [4.69, 9.17) is 5.73 Å². The quantitative estimate of drug-likeness (QED) is 0.557. The Morgan fingerprint density at radius 1 is 1.14 bits per heavy atom. The number of imide groups is 2. The van der Waals surface area contributed by atoms with E-state index >= 15 is 0 Å². The number of nitrogens with zero attached hydrogens (tertiary/aromatic N) is 2. The number of carbonyl (C=O) groups excluding carboxylic acids is 3. The largest absolute Gasteiger partial charge is 0.332 e. The summed E-state index contributed by atoms with van der Waals surface area (Å²) in [5.74, 6) is -1.29. The van der Waals surface area contributed by atoms with Crippen molar-refractivity contribution in [3.63, 3.8) is 0 Å². The maximum absolute atomic E-state index is 11.6. The van der Waals surface area contributed by atoms with Crippen molar-refractivity contribution in [2.75, 3.05) is 14.1 Å². The summed E-state index contributed by atoms with van der Waals surface area (Å²) in [6.07, 6.45) is 0.173. The van der Waals surface area contributed by atoms with Crippen LogP contribution in [0.2, 0.25) is 0 Å². The van der Waals surface area contributed by atoms with Crippen LogP contribution in [-0.2, 0) is 9.59 Å². The fourth-order valence-electron chi connectivity index (χ4n) is 1.39. The summed E-state index contributed by atoms with van der Waals surface area (Å²) in [4.78, 5) is 36.2. The highest BCUT2D eigenvalue weighted by Gasteiger charge is 2.51. The Bertz CT molecular complexity index is 289. The van der Waals surface area contributed by atoms with Crippen LogP contribution in [0.5, 0.6) is 0 Å². The van der Waals surface area contributed by atoms with E-state index in [1.165, 1.54) is 14.1 Å². The van der Waals surface area contributed by atoms with Crippen molar-refractivity contribution < 1.29 is 14.4 Å². The van der Waals surface area contributed by atoms with E-state index in [-0.39, 0.29) is 6.42 Å². The van der Waals surface area contributed by atoms with Gasteiger partial charge in [-0.1, -0.05) is 6.92 Å². The predicted molar refractivity (Wildman–Crippen MR) is 48.1 cm³/mol. The van der Waals surface area contributed by atoms with Crippen molar-refractivity contribution in [3.8, 4) is 0 Å². The molecule has 78 valence electrons. The lowest BCUT2D eigenvalue weighted by atomic mass is 9.92. The van der Waals surface area contributed by atoms with Gasteiger partial charge in [-0.3, -0.25) is 19.4 Å². The minimum atomic E-state index is -1.59. The lowest BCUT2D eigenvalue weighted by Gasteiger charge is -2.38. The second kappa shape index (κ2) is 3.06. The molecular weight excluding hydrogens is 186 g/mol. The SMILES string of the molecule is CCC1(N)C(=O)N(C)C(=O)N(C)C1=O. The summed E-state index contributed by atoms with van der Waals surface area (Å²) >= 11 is 0. The highest BCUT2D eigenvalue weighted by Crippen LogP contribution is 2.19. The van der Waals surface area contributed by atoms with Crippen molar-refractivity contribution >= 4 is 17.8 Å². The van der Waals surface area contributed by atoms with E-state index in [0.29, 0.717) is 0 Å². The van der Waals surface area contributed by atoms with Gasteiger partial charge in [-0.05, 0) is 6.42 Å². The van der Waals surface area contributed by atoms with E-state index in [2.05, 4.69) is 0 Å². The van der Waals surface area contributed by atoms with Gasteiger partial charge in [-0.15, -0.1) is 0 Å². The lowest BCUT2D eigenvalue weighted by Crippen LogP contribution is -2.70. The number of nitrogens with two attached hydrogens (primary N) is 1. The fourth-order valence-corrected chi connectivity index (χ4v) is 1.39. The van der Waals surface area contributed by atoms with Gasteiger partial charge in [0.15, 0.2) is 5.54 Å². The van der Waals surface area contributed by atoms with Crippen molar-refractivity contribution in [3.05, 3.63) is 0 Å². The van der Waals surface area contributed by atoms with Gasteiger partial charge in [0.1, 0.15) is 0 Å². The molecule has 6 heteroatoms. The molecule has 0 bridgehead atoms. The Morgan fingerprint density at radius 3 is 1.79 bits per heavy atom. The number of amides is 4. The van der Waals surface area contributed by atoms with Crippen LogP contribution >= 0.6 is 0 Å². The van der Waals surface area contributed by atoms with Crippen LogP contribution in [-0.4, -0.2) is 47.3 Å². The number of barbiturate groups is 1. The van der Waals surface area contributed by atoms with Crippen molar-refractivity contribution in [1.82, 2.24) is 9.80 Å². The Morgan fingerprint density at radius 2 is 1.50 bits per heavy atom. The molecule has 0 aromatic carbocycles. The Hall–Kier alpha value is -1.43. The van der Waals surface area contributed by atoms with Gasteiger partial charge in [0.25, 0.3) is 11.8 Å². The zero-order valence-corrected chi connectivity index (χ0v) is 8.40. The first kappa shape index (κ1) is 10.6. The summed E-state index contributed by atoms with van der Waals surface area (Å²) in [5.41, 5.74) is 4.07. The molecule has 0 aliphatic carbocycles. The van der Waals surface area contributed by atoms with Crippen LogP contribution in [0.1, 0.15) is 13.3 Å². The predicted octanol–water partition coefficient (Wildman–Crippen LogP) is -0.856. The number of hydrogen-bond acceptors (Lipinski definition) is 4. The average Bonchev–Trinajstić information content (AvgIpc) is 2.21. The molecule has 14 heavy (non-hydrogen) atoms. The molecule has 0 unspecified atom stereocenters. The average molecular weight is 199 g/mol. The topological polar surface area (TPSA) is 83.7 Å². The van der Waals surface area contributed by atoms with Gasteiger partial charge in [-0.25, -0.2) is 4.79 Å². The van der Waals surface area contributed by atoms with Crippen LogP contribution in [0.25, 0.3) is 0 Å². The first-order valence-electron chi connectivity index (χ1n) is 4.25. The van der Waals surface area contributed by atoms with Gasteiger partial charge in [0.2, 0.25) is 0 Å². The molecule has 6 nitrogen and oxygen atoms in total. The van der Waals surface area contributed by atoms with Gasteiger partial charge in [-0.2, -0.15) is 0 Å². The third-order valence-electron chi connectivity index (χ3n) is 2.50. The maximum Gasteiger partial charge on any atom is 0.332 e. The van der Waals surface area contributed by atoms with E-state index in [1.54, 1.807) is 6.92 Å². The number of hydrogen-bond donors (Lipinski definition) is 1.